The van der Waals surface area contributed by atoms with Gasteiger partial charge in [-0.05, 0) is 58.5 Å². The molecular weight excluding hydrogens is 467 g/mol. The van der Waals surface area contributed by atoms with Crippen LogP contribution >= 0.6 is 0 Å². The van der Waals surface area contributed by atoms with Crippen molar-refractivity contribution in [1.82, 2.24) is 29.6 Å². The van der Waals surface area contributed by atoms with Crippen molar-refractivity contribution in [1.29, 1.82) is 0 Å². The molecule has 1 aliphatic heterocycles. The minimum absolute atomic E-state index is 0.155. The first-order valence-electron chi connectivity index (χ1n) is 12.4. The van der Waals surface area contributed by atoms with Gasteiger partial charge in [0.25, 0.3) is 5.95 Å². The van der Waals surface area contributed by atoms with Gasteiger partial charge in [-0.25, -0.2) is 19.3 Å². The third-order valence-corrected chi connectivity index (χ3v) is 7.54. The smallest absolute Gasteiger partial charge is 0.252 e. The van der Waals surface area contributed by atoms with Gasteiger partial charge in [-0.2, -0.15) is 4.68 Å². The molecule has 0 spiro atoms. The Hall–Kier alpha value is -4.46. The molecule has 8 heteroatoms. The molecule has 3 heterocycles. The molecule has 1 amide bonds. The minimum atomic E-state index is -0.306. The molecular formula is C29H23FN6O. The molecule has 3 aromatic carbocycles. The van der Waals surface area contributed by atoms with E-state index >= 15 is 0 Å². The number of halogens is 1. The van der Waals surface area contributed by atoms with E-state index < -0.39 is 0 Å². The molecule has 2 aliphatic rings. The number of hydrogen-bond acceptors (Lipinski definition) is 5. The molecule has 2 aromatic heterocycles. The van der Waals surface area contributed by atoms with Gasteiger partial charge in [0.15, 0.2) is 5.82 Å². The molecule has 7 rings (SSSR count). The van der Waals surface area contributed by atoms with E-state index in [1.54, 1.807) is 35.3 Å². The Bertz CT molecular complexity index is 1600. The van der Waals surface area contributed by atoms with Gasteiger partial charge in [-0.3, -0.25) is 4.79 Å². The van der Waals surface area contributed by atoms with Crippen LogP contribution in [0.4, 0.5) is 4.39 Å². The average molecular weight is 491 g/mol. The summed E-state index contributed by atoms with van der Waals surface area (Å²) in [5, 5.41) is 6.96. The number of fused-ring (bicyclic) bond motifs is 2. The molecule has 0 bridgehead atoms. The van der Waals surface area contributed by atoms with E-state index in [0.29, 0.717) is 43.1 Å². The number of likely N-dealkylation sites (tertiary alicyclic amines) is 1. The van der Waals surface area contributed by atoms with E-state index in [1.807, 2.05) is 29.2 Å². The summed E-state index contributed by atoms with van der Waals surface area (Å²) in [4.78, 5) is 28.8. The Kier molecular flexibility index (Phi) is 5.06. The molecule has 0 radical (unpaired) electrons. The van der Waals surface area contributed by atoms with Crippen LogP contribution in [0.5, 0.6) is 0 Å². The lowest BCUT2D eigenvalue weighted by Crippen LogP contribution is -2.32. The van der Waals surface area contributed by atoms with Gasteiger partial charge in [0.1, 0.15) is 11.6 Å². The molecule has 2 fully saturated rings. The summed E-state index contributed by atoms with van der Waals surface area (Å²) in [6.45, 7) is 1.40. The second kappa shape index (κ2) is 8.58. The Morgan fingerprint density at radius 1 is 0.892 bits per heavy atom. The first-order chi connectivity index (χ1) is 18.2. The minimum Gasteiger partial charge on any atom is -0.342 e. The Morgan fingerprint density at radius 2 is 1.62 bits per heavy atom. The van der Waals surface area contributed by atoms with Crippen LogP contribution in [0, 0.1) is 17.7 Å². The van der Waals surface area contributed by atoms with E-state index in [0.717, 1.165) is 27.7 Å². The first-order valence-corrected chi connectivity index (χ1v) is 12.4. The zero-order chi connectivity index (χ0) is 24.9. The Labute approximate surface area is 212 Å². The molecule has 37 heavy (non-hydrogen) atoms. The molecule has 182 valence electrons. The predicted octanol–water partition coefficient (Wildman–Crippen LogP) is 4.43. The van der Waals surface area contributed by atoms with E-state index in [4.69, 9.17) is 4.98 Å². The largest absolute Gasteiger partial charge is 0.342 e. The molecule has 7 nitrogen and oxygen atoms in total. The van der Waals surface area contributed by atoms with Crippen LogP contribution in [-0.2, 0) is 11.2 Å². The van der Waals surface area contributed by atoms with Crippen LogP contribution in [0.2, 0.25) is 0 Å². The third-order valence-electron chi connectivity index (χ3n) is 7.54. The van der Waals surface area contributed by atoms with E-state index in [-0.39, 0.29) is 17.6 Å². The number of carbonyl (C=O) groups is 1. The van der Waals surface area contributed by atoms with Crippen molar-refractivity contribution in [2.24, 2.45) is 11.8 Å². The average Bonchev–Trinajstić information content (AvgIpc) is 3.25. The van der Waals surface area contributed by atoms with Crippen molar-refractivity contribution >= 4 is 16.7 Å². The van der Waals surface area contributed by atoms with Crippen molar-refractivity contribution < 1.29 is 9.18 Å². The number of nitrogens with zero attached hydrogens (tertiary/aromatic N) is 6. The standard InChI is InChI=1S/C29H23FN6O/c30-21-11-9-19(10-12-21)27-33-28(36(34-27)29-31-13-4-14-32-29)26-23-16-35(17-24(23)26)25(37)15-20-7-3-6-18-5-1-2-8-22(18)20/h1-14,23-24,26H,15-17H2. The number of piperidine rings is 1. The van der Waals surface area contributed by atoms with E-state index in [2.05, 4.69) is 33.3 Å². The van der Waals surface area contributed by atoms with E-state index in [1.165, 1.54) is 12.1 Å². The fraction of sp³-hybridized carbons (Fsp3) is 0.207. The zero-order valence-electron chi connectivity index (χ0n) is 19.9. The van der Waals surface area contributed by atoms with Crippen molar-refractivity contribution in [3.8, 4) is 17.3 Å². The quantitative estimate of drug-likeness (QED) is 0.364. The first kappa shape index (κ1) is 21.8. The van der Waals surface area contributed by atoms with Crippen molar-refractivity contribution in [2.45, 2.75) is 12.3 Å². The highest BCUT2D eigenvalue weighted by Gasteiger charge is 2.59. The van der Waals surface area contributed by atoms with Crippen molar-refractivity contribution in [3.05, 3.63) is 102 Å². The number of amides is 1. The van der Waals surface area contributed by atoms with Gasteiger partial charge < -0.3 is 4.90 Å². The van der Waals surface area contributed by atoms with Gasteiger partial charge >= 0.3 is 0 Å². The van der Waals surface area contributed by atoms with E-state index in [9.17, 15) is 9.18 Å². The summed E-state index contributed by atoms with van der Waals surface area (Å²) >= 11 is 0. The lowest BCUT2D eigenvalue weighted by Gasteiger charge is -2.20. The monoisotopic (exact) mass is 490 g/mol. The summed E-state index contributed by atoms with van der Waals surface area (Å²) in [6.07, 6.45) is 3.74. The van der Waals surface area contributed by atoms with Gasteiger partial charge in [0.2, 0.25) is 5.91 Å². The SMILES string of the molecule is O=C(Cc1cccc2ccccc12)N1CC2C(C1)C2c1nc(-c2ccc(F)cc2)nn1-c1ncccn1. The number of rotatable bonds is 5. The fourth-order valence-corrected chi connectivity index (χ4v) is 5.64. The summed E-state index contributed by atoms with van der Waals surface area (Å²) < 4.78 is 15.2. The van der Waals surface area contributed by atoms with Gasteiger partial charge in [0.05, 0.1) is 6.42 Å². The third kappa shape index (κ3) is 3.85. The van der Waals surface area contributed by atoms with Crippen LogP contribution in [0.3, 0.4) is 0 Å². The van der Waals surface area contributed by atoms with Crippen molar-refractivity contribution in [3.63, 3.8) is 0 Å². The van der Waals surface area contributed by atoms with Crippen molar-refractivity contribution in [2.75, 3.05) is 13.1 Å². The summed E-state index contributed by atoms with van der Waals surface area (Å²) in [5.74, 6) is 2.42. The lowest BCUT2D eigenvalue weighted by atomic mass is 10.0. The van der Waals surface area contributed by atoms with Gasteiger partial charge in [-0.15, -0.1) is 5.10 Å². The highest BCUT2D eigenvalue weighted by atomic mass is 19.1. The molecule has 5 aromatic rings. The Balaban J connectivity index is 1.12. The highest BCUT2D eigenvalue weighted by molar-refractivity contribution is 5.90. The number of hydrogen-bond donors (Lipinski definition) is 0. The number of aromatic nitrogens is 5. The Morgan fingerprint density at radius 3 is 2.41 bits per heavy atom. The highest BCUT2D eigenvalue weighted by Crippen LogP contribution is 2.58. The molecule has 2 unspecified atom stereocenters. The second-order valence-corrected chi connectivity index (χ2v) is 9.73. The van der Waals surface area contributed by atoms with Crippen LogP contribution in [0.25, 0.3) is 28.1 Å². The molecule has 1 saturated carbocycles. The normalized spacial score (nSPS) is 20.2. The molecule has 2 atom stereocenters. The number of benzene rings is 3. The second-order valence-electron chi connectivity index (χ2n) is 9.73. The topological polar surface area (TPSA) is 76.8 Å². The summed E-state index contributed by atoms with van der Waals surface area (Å²) in [6, 6.07) is 22.2. The number of carbonyl (C=O) groups excluding carboxylic acids is 1. The summed E-state index contributed by atoms with van der Waals surface area (Å²) in [5.41, 5.74) is 1.79. The van der Waals surface area contributed by atoms with Crippen LogP contribution < -0.4 is 0 Å². The maximum Gasteiger partial charge on any atom is 0.252 e. The van der Waals surface area contributed by atoms with Crippen LogP contribution in [-0.4, -0.2) is 48.6 Å². The molecule has 1 aliphatic carbocycles. The maximum atomic E-state index is 13.5. The zero-order valence-corrected chi connectivity index (χ0v) is 19.9. The fourth-order valence-electron chi connectivity index (χ4n) is 5.64. The molecule has 0 N–H and O–H groups in total. The summed E-state index contributed by atoms with van der Waals surface area (Å²) in [7, 11) is 0. The maximum absolute atomic E-state index is 13.5. The predicted molar refractivity (Wildman–Crippen MR) is 136 cm³/mol. The van der Waals surface area contributed by atoms with Crippen LogP contribution in [0.15, 0.2) is 85.2 Å². The molecule has 1 saturated heterocycles. The van der Waals surface area contributed by atoms with Gasteiger partial charge in [-0.1, -0.05) is 42.5 Å². The van der Waals surface area contributed by atoms with Crippen LogP contribution in [0.1, 0.15) is 17.3 Å². The van der Waals surface area contributed by atoms with Gasteiger partial charge in [0, 0.05) is 37.0 Å². The lowest BCUT2D eigenvalue weighted by molar-refractivity contribution is -0.130.